The average Bonchev–Trinajstić information content (AvgIpc) is 2.61. The van der Waals surface area contributed by atoms with Crippen LogP contribution in [0.15, 0.2) is 48.5 Å². The fraction of sp³-hybridized carbons (Fsp3) is 0.167. The van der Waals surface area contributed by atoms with Crippen LogP contribution in [0, 0.1) is 11.3 Å². The fourth-order valence-corrected chi connectivity index (χ4v) is 2.21. The molecule has 5 nitrogen and oxygen atoms in total. The van der Waals surface area contributed by atoms with Crippen molar-refractivity contribution in [2.75, 3.05) is 13.7 Å². The number of nitriles is 1. The molecule has 0 atom stereocenters. The summed E-state index contributed by atoms with van der Waals surface area (Å²) in [4.78, 5) is 23.5. The first kappa shape index (κ1) is 16.2. The largest absolute Gasteiger partial charge is 0.469 e. The van der Waals surface area contributed by atoms with Gasteiger partial charge in [0.1, 0.15) is 0 Å². The van der Waals surface area contributed by atoms with Crippen LogP contribution in [0.2, 0.25) is 0 Å². The molecule has 0 bridgehead atoms. The molecule has 0 aliphatic heterocycles. The number of carbonyl (C=O) groups excluding carboxylic acids is 2. The maximum absolute atomic E-state index is 12.4. The summed E-state index contributed by atoms with van der Waals surface area (Å²) >= 11 is 0. The Balaban J connectivity index is 2.26. The second-order valence-electron chi connectivity index (χ2n) is 4.79. The van der Waals surface area contributed by atoms with Crippen LogP contribution in [0.3, 0.4) is 0 Å². The second-order valence-corrected chi connectivity index (χ2v) is 4.79. The maximum atomic E-state index is 12.4. The summed E-state index contributed by atoms with van der Waals surface area (Å²) in [6.07, 6.45) is 0.110. The van der Waals surface area contributed by atoms with E-state index in [9.17, 15) is 14.9 Å². The summed E-state index contributed by atoms with van der Waals surface area (Å²) in [6, 6.07) is 16.3. The van der Waals surface area contributed by atoms with E-state index in [1.807, 2.05) is 12.1 Å². The first-order valence-corrected chi connectivity index (χ1v) is 7.11. The minimum atomic E-state index is -0.381. The van der Waals surface area contributed by atoms with Gasteiger partial charge in [0.15, 0.2) is 0 Å². The van der Waals surface area contributed by atoms with Crippen LogP contribution in [-0.4, -0.2) is 25.5 Å². The topological polar surface area (TPSA) is 79.2 Å². The Morgan fingerprint density at radius 1 is 1.09 bits per heavy atom. The van der Waals surface area contributed by atoms with Crippen molar-refractivity contribution in [1.29, 1.82) is 5.26 Å². The van der Waals surface area contributed by atoms with E-state index in [1.54, 1.807) is 36.4 Å². The summed E-state index contributed by atoms with van der Waals surface area (Å²) in [7, 11) is 1.30. The Labute approximate surface area is 134 Å². The zero-order valence-corrected chi connectivity index (χ0v) is 12.7. The third-order valence-corrected chi connectivity index (χ3v) is 3.35. The second kappa shape index (κ2) is 7.76. The molecule has 0 spiro atoms. The molecule has 0 unspecified atom stereocenters. The number of rotatable bonds is 5. The lowest BCUT2D eigenvalue weighted by Gasteiger charge is -2.11. The molecule has 0 aliphatic carbocycles. The third-order valence-electron chi connectivity index (χ3n) is 3.35. The van der Waals surface area contributed by atoms with Crippen LogP contribution in [-0.2, 0) is 9.53 Å². The van der Waals surface area contributed by atoms with E-state index in [0.717, 1.165) is 0 Å². The predicted molar refractivity (Wildman–Crippen MR) is 85.6 cm³/mol. The lowest BCUT2D eigenvalue weighted by atomic mass is 9.95. The number of esters is 1. The summed E-state index contributed by atoms with van der Waals surface area (Å²) < 4.78 is 4.53. The Bertz CT molecular complexity index is 763. The highest BCUT2D eigenvalue weighted by molar-refractivity contribution is 6.01. The van der Waals surface area contributed by atoms with E-state index in [4.69, 9.17) is 0 Å². The summed E-state index contributed by atoms with van der Waals surface area (Å²) in [5, 5.41) is 11.9. The molecule has 2 aromatic rings. The summed E-state index contributed by atoms with van der Waals surface area (Å²) in [5.41, 5.74) is 2.34. The number of hydrogen-bond acceptors (Lipinski definition) is 4. The minimum Gasteiger partial charge on any atom is -0.469 e. The number of hydrogen-bond donors (Lipinski definition) is 1. The molecule has 2 rings (SSSR count). The number of methoxy groups -OCH3 is 1. The molecule has 0 saturated carbocycles. The number of nitrogens with zero attached hydrogens (tertiary/aromatic N) is 1. The predicted octanol–water partition coefficient (Wildman–Crippen LogP) is 2.52. The van der Waals surface area contributed by atoms with E-state index in [-0.39, 0.29) is 24.8 Å². The van der Waals surface area contributed by atoms with Gasteiger partial charge in [0.05, 0.1) is 25.2 Å². The van der Waals surface area contributed by atoms with Crippen LogP contribution < -0.4 is 5.32 Å². The van der Waals surface area contributed by atoms with E-state index in [2.05, 4.69) is 16.1 Å². The SMILES string of the molecule is COC(=O)CCNC(=O)c1ccccc1-c1ccccc1C#N. The Morgan fingerprint density at radius 3 is 2.43 bits per heavy atom. The molecule has 1 amide bonds. The van der Waals surface area contributed by atoms with Gasteiger partial charge in [-0.25, -0.2) is 0 Å². The number of ether oxygens (including phenoxy) is 1. The molecule has 1 N–H and O–H groups in total. The molecule has 2 aromatic carbocycles. The maximum Gasteiger partial charge on any atom is 0.307 e. The van der Waals surface area contributed by atoms with Crippen molar-refractivity contribution in [2.24, 2.45) is 0 Å². The van der Waals surface area contributed by atoms with E-state index >= 15 is 0 Å². The van der Waals surface area contributed by atoms with Gasteiger partial charge in [0, 0.05) is 17.7 Å². The van der Waals surface area contributed by atoms with Gasteiger partial charge in [-0.2, -0.15) is 5.26 Å². The number of amides is 1. The molecule has 0 fully saturated rings. The van der Waals surface area contributed by atoms with Crippen LogP contribution >= 0.6 is 0 Å². The van der Waals surface area contributed by atoms with Gasteiger partial charge >= 0.3 is 5.97 Å². The molecule has 0 saturated heterocycles. The van der Waals surface area contributed by atoms with Gasteiger partial charge in [-0.05, 0) is 17.7 Å². The van der Waals surface area contributed by atoms with Crippen molar-refractivity contribution in [3.8, 4) is 17.2 Å². The lowest BCUT2D eigenvalue weighted by Crippen LogP contribution is -2.26. The third kappa shape index (κ3) is 3.95. The van der Waals surface area contributed by atoms with Crippen molar-refractivity contribution < 1.29 is 14.3 Å². The van der Waals surface area contributed by atoms with E-state index in [1.165, 1.54) is 7.11 Å². The molecular formula is C18H16N2O3. The van der Waals surface area contributed by atoms with Crippen LogP contribution in [0.5, 0.6) is 0 Å². The van der Waals surface area contributed by atoms with Crippen LogP contribution in [0.1, 0.15) is 22.3 Å². The quantitative estimate of drug-likeness (QED) is 0.861. The number of benzene rings is 2. The zero-order valence-electron chi connectivity index (χ0n) is 12.7. The van der Waals surface area contributed by atoms with Gasteiger partial charge in [-0.15, -0.1) is 0 Å². The van der Waals surface area contributed by atoms with E-state index in [0.29, 0.717) is 22.3 Å². The standard InChI is InChI=1S/C18H16N2O3/c1-23-17(21)10-11-20-18(22)16-9-5-4-8-15(16)14-7-3-2-6-13(14)12-19/h2-9H,10-11H2,1H3,(H,20,22). The average molecular weight is 308 g/mol. The molecule has 116 valence electrons. The first-order valence-electron chi connectivity index (χ1n) is 7.11. The Hall–Kier alpha value is -3.13. The summed E-state index contributed by atoms with van der Waals surface area (Å²) in [5.74, 6) is -0.675. The smallest absolute Gasteiger partial charge is 0.307 e. The van der Waals surface area contributed by atoms with Gasteiger partial charge in [0.25, 0.3) is 5.91 Å². The minimum absolute atomic E-state index is 0.110. The Kier molecular flexibility index (Phi) is 5.48. The van der Waals surface area contributed by atoms with Crippen molar-refractivity contribution in [3.63, 3.8) is 0 Å². The van der Waals surface area contributed by atoms with Gasteiger partial charge in [-0.1, -0.05) is 36.4 Å². The normalized spacial score (nSPS) is 9.74. The van der Waals surface area contributed by atoms with Crippen molar-refractivity contribution >= 4 is 11.9 Å². The monoisotopic (exact) mass is 308 g/mol. The van der Waals surface area contributed by atoms with Crippen molar-refractivity contribution in [2.45, 2.75) is 6.42 Å². The highest BCUT2D eigenvalue weighted by Crippen LogP contribution is 2.26. The van der Waals surface area contributed by atoms with Crippen molar-refractivity contribution in [1.82, 2.24) is 5.32 Å². The van der Waals surface area contributed by atoms with Crippen LogP contribution in [0.4, 0.5) is 0 Å². The van der Waals surface area contributed by atoms with Crippen molar-refractivity contribution in [3.05, 3.63) is 59.7 Å². The lowest BCUT2D eigenvalue weighted by molar-refractivity contribution is -0.140. The highest BCUT2D eigenvalue weighted by atomic mass is 16.5. The fourth-order valence-electron chi connectivity index (χ4n) is 2.21. The number of nitrogens with one attached hydrogen (secondary N) is 1. The molecule has 5 heteroatoms. The molecular weight excluding hydrogens is 292 g/mol. The molecule has 0 aromatic heterocycles. The molecule has 0 heterocycles. The Morgan fingerprint density at radius 2 is 1.74 bits per heavy atom. The van der Waals surface area contributed by atoms with Crippen LogP contribution in [0.25, 0.3) is 11.1 Å². The zero-order chi connectivity index (χ0) is 16.7. The van der Waals surface area contributed by atoms with Gasteiger partial charge in [0.2, 0.25) is 0 Å². The van der Waals surface area contributed by atoms with Gasteiger partial charge in [-0.3, -0.25) is 9.59 Å². The molecule has 0 aliphatic rings. The highest BCUT2D eigenvalue weighted by Gasteiger charge is 2.14. The summed E-state index contributed by atoms with van der Waals surface area (Å²) in [6.45, 7) is 0.194. The molecule has 0 radical (unpaired) electrons. The van der Waals surface area contributed by atoms with Gasteiger partial charge < -0.3 is 10.1 Å². The van der Waals surface area contributed by atoms with E-state index < -0.39 is 0 Å². The molecule has 23 heavy (non-hydrogen) atoms. The number of carbonyl (C=O) groups is 2. The first-order chi connectivity index (χ1) is 11.2.